The number of methoxy groups -OCH3 is 2. The number of benzene rings is 1. The second-order valence-corrected chi connectivity index (χ2v) is 3.83. The van der Waals surface area contributed by atoms with E-state index >= 15 is 0 Å². The summed E-state index contributed by atoms with van der Waals surface area (Å²) in [6.07, 6.45) is 1.87. The number of rotatable bonds is 8. The highest BCUT2D eigenvalue weighted by Gasteiger charge is 2.10. The number of allylic oxidation sites excluding steroid dienone is 1. The van der Waals surface area contributed by atoms with Crippen LogP contribution in [-0.4, -0.2) is 27.8 Å². The van der Waals surface area contributed by atoms with Crippen molar-refractivity contribution in [1.82, 2.24) is 0 Å². The van der Waals surface area contributed by atoms with Crippen LogP contribution in [-0.2, 0) is 9.47 Å². The third-order valence-corrected chi connectivity index (χ3v) is 2.50. The van der Waals surface area contributed by atoms with Gasteiger partial charge in [-0.3, -0.25) is 0 Å². The lowest BCUT2D eigenvalue weighted by molar-refractivity contribution is 0.0455. The van der Waals surface area contributed by atoms with Crippen LogP contribution in [0.25, 0.3) is 0 Å². The Labute approximate surface area is 108 Å². The molecule has 18 heavy (non-hydrogen) atoms. The molecule has 0 aliphatic carbocycles. The van der Waals surface area contributed by atoms with Crippen molar-refractivity contribution < 1.29 is 18.9 Å². The van der Waals surface area contributed by atoms with Gasteiger partial charge in [0.15, 0.2) is 13.6 Å². The van der Waals surface area contributed by atoms with Crippen LogP contribution in [0.4, 0.5) is 0 Å². The normalized spacial score (nSPS) is 11.9. The van der Waals surface area contributed by atoms with Gasteiger partial charge in [0.05, 0.1) is 0 Å². The van der Waals surface area contributed by atoms with E-state index in [0.717, 1.165) is 11.3 Å². The average molecular weight is 252 g/mol. The third kappa shape index (κ3) is 4.05. The van der Waals surface area contributed by atoms with Gasteiger partial charge < -0.3 is 18.9 Å². The molecular formula is C14H20O4. The van der Waals surface area contributed by atoms with Crippen molar-refractivity contribution in [2.45, 2.75) is 12.8 Å². The van der Waals surface area contributed by atoms with Crippen molar-refractivity contribution in [1.29, 1.82) is 0 Å². The van der Waals surface area contributed by atoms with Crippen molar-refractivity contribution in [2.24, 2.45) is 0 Å². The molecule has 0 aromatic heterocycles. The van der Waals surface area contributed by atoms with Gasteiger partial charge in [0.1, 0.15) is 11.5 Å². The molecule has 0 saturated heterocycles. The fraction of sp³-hybridized carbons (Fsp3) is 0.429. The molecule has 0 bridgehead atoms. The van der Waals surface area contributed by atoms with Gasteiger partial charge in [-0.25, -0.2) is 0 Å². The quantitative estimate of drug-likeness (QED) is 0.526. The van der Waals surface area contributed by atoms with Crippen LogP contribution in [0, 0.1) is 0 Å². The number of hydrogen-bond acceptors (Lipinski definition) is 4. The van der Waals surface area contributed by atoms with E-state index in [4.69, 9.17) is 18.9 Å². The molecule has 0 amide bonds. The number of hydrogen-bond donors (Lipinski definition) is 0. The zero-order valence-electron chi connectivity index (χ0n) is 11.1. The predicted octanol–water partition coefficient (Wildman–Crippen LogP) is 2.94. The Balaban J connectivity index is 2.92. The Morgan fingerprint density at radius 3 is 2.44 bits per heavy atom. The van der Waals surface area contributed by atoms with E-state index < -0.39 is 0 Å². The lowest BCUT2D eigenvalue weighted by Crippen LogP contribution is -2.04. The first-order chi connectivity index (χ1) is 8.72. The topological polar surface area (TPSA) is 36.9 Å². The van der Waals surface area contributed by atoms with Crippen molar-refractivity contribution in [3.63, 3.8) is 0 Å². The summed E-state index contributed by atoms with van der Waals surface area (Å²) in [5.41, 5.74) is 1.05. The summed E-state index contributed by atoms with van der Waals surface area (Å²) in [4.78, 5) is 0. The van der Waals surface area contributed by atoms with E-state index in [1.165, 1.54) is 0 Å². The lowest BCUT2D eigenvalue weighted by Gasteiger charge is -2.15. The summed E-state index contributed by atoms with van der Waals surface area (Å²) < 4.78 is 20.7. The van der Waals surface area contributed by atoms with Crippen LogP contribution < -0.4 is 9.47 Å². The summed E-state index contributed by atoms with van der Waals surface area (Å²) in [5.74, 6) is 1.63. The second-order valence-electron chi connectivity index (χ2n) is 3.83. The minimum Gasteiger partial charge on any atom is -0.467 e. The summed E-state index contributed by atoms with van der Waals surface area (Å²) in [6, 6.07) is 5.67. The molecule has 0 aliphatic rings. The largest absolute Gasteiger partial charge is 0.467 e. The van der Waals surface area contributed by atoms with E-state index in [2.05, 4.69) is 13.5 Å². The monoisotopic (exact) mass is 252 g/mol. The molecule has 0 spiro atoms. The summed E-state index contributed by atoms with van der Waals surface area (Å²) >= 11 is 0. The Morgan fingerprint density at radius 2 is 1.83 bits per heavy atom. The lowest BCUT2D eigenvalue weighted by atomic mass is 10.0. The highest BCUT2D eigenvalue weighted by molar-refractivity contribution is 5.43. The Hall–Kier alpha value is -1.52. The molecule has 0 saturated carbocycles. The molecule has 0 N–H and O–H groups in total. The summed E-state index contributed by atoms with van der Waals surface area (Å²) in [6.45, 7) is 6.25. The first kappa shape index (κ1) is 14.5. The Kier molecular flexibility index (Phi) is 6.25. The fourth-order valence-corrected chi connectivity index (χ4v) is 1.48. The smallest absolute Gasteiger partial charge is 0.188 e. The second kappa shape index (κ2) is 7.74. The highest BCUT2D eigenvalue weighted by Crippen LogP contribution is 2.31. The molecule has 0 aliphatic heterocycles. The molecule has 0 heterocycles. The molecule has 1 unspecified atom stereocenters. The average Bonchev–Trinajstić information content (AvgIpc) is 2.42. The molecular weight excluding hydrogens is 232 g/mol. The van der Waals surface area contributed by atoms with Crippen LogP contribution in [0.2, 0.25) is 0 Å². The maximum Gasteiger partial charge on any atom is 0.188 e. The standard InChI is InChI=1S/C14H20O4/c1-5-11(2)13-7-6-12(17-9-15-3)8-14(13)18-10-16-4/h5-8,11H,1,9-10H2,2-4H3. The van der Waals surface area contributed by atoms with E-state index in [0.29, 0.717) is 5.75 Å². The van der Waals surface area contributed by atoms with Crippen molar-refractivity contribution >= 4 is 0 Å². The van der Waals surface area contributed by atoms with E-state index in [9.17, 15) is 0 Å². The number of ether oxygens (including phenoxy) is 4. The molecule has 4 nitrogen and oxygen atoms in total. The highest BCUT2D eigenvalue weighted by atomic mass is 16.7. The van der Waals surface area contributed by atoms with E-state index in [1.807, 2.05) is 24.3 Å². The van der Waals surface area contributed by atoms with Crippen LogP contribution in [0.3, 0.4) is 0 Å². The molecule has 0 radical (unpaired) electrons. The Bertz CT molecular complexity index is 376. The fourth-order valence-electron chi connectivity index (χ4n) is 1.48. The van der Waals surface area contributed by atoms with Crippen LogP contribution >= 0.6 is 0 Å². The van der Waals surface area contributed by atoms with Gasteiger partial charge in [0.2, 0.25) is 0 Å². The SMILES string of the molecule is C=CC(C)c1ccc(OCOC)cc1OCOC. The van der Waals surface area contributed by atoms with Gasteiger partial charge in [-0.15, -0.1) is 6.58 Å². The molecule has 4 heteroatoms. The van der Waals surface area contributed by atoms with E-state index in [-0.39, 0.29) is 19.5 Å². The molecule has 1 atom stereocenters. The maximum absolute atomic E-state index is 5.54. The van der Waals surface area contributed by atoms with Crippen LogP contribution in [0.5, 0.6) is 11.5 Å². The van der Waals surface area contributed by atoms with Gasteiger partial charge in [-0.05, 0) is 6.07 Å². The van der Waals surface area contributed by atoms with E-state index in [1.54, 1.807) is 14.2 Å². The van der Waals surface area contributed by atoms with Crippen molar-refractivity contribution in [3.05, 3.63) is 36.4 Å². The summed E-state index contributed by atoms with van der Waals surface area (Å²) in [7, 11) is 3.17. The predicted molar refractivity (Wildman–Crippen MR) is 70.1 cm³/mol. The Morgan fingerprint density at radius 1 is 1.17 bits per heavy atom. The van der Waals surface area contributed by atoms with Gasteiger partial charge in [-0.1, -0.05) is 19.1 Å². The van der Waals surface area contributed by atoms with Gasteiger partial charge in [0, 0.05) is 31.8 Å². The third-order valence-electron chi connectivity index (χ3n) is 2.50. The zero-order chi connectivity index (χ0) is 13.4. The van der Waals surface area contributed by atoms with Crippen molar-refractivity contribution in [2.75, 3.05) is 27.8 Å². The minimum atomic E-state index is 0.199. The zero-order valence-corrected chi connectivity index (χ0v) is 11.1. The molecule has 100 valence electrons. The summed E-state index contributed by atoms with van der Waals surface area (Å²) in [5, 5.41) is 0. The van der Waals surface area contributed by atoms with Gasteiger partial charge in [0.25, 0.3) is 0 Å². The molecule has 1 aromatic carbocycles. The molecule has 0 fully saturated rings. The molecule has 1 aromatic rings. The first-order valence-corrected chi connectivity index (χ1v) is 5.73. The first-order valence-electron chi connectivity index (χ1n) is 5.73. The van der Waals surface area contributed by atoms with Crippen LogP contribution in [0.15, 0.2) is 30.9 Å². The molecule has 1 rings (SSSR count). The maximum atomic E-state index is 5.54. The van der Waals surface area contributed by atoms with Crippen LogP contribution in [0.1, 0.15) is 18.4 Å². The van der Waals surface area contributed by atoms with Gasteiger partial charge in [-0.2, -0.15) is 0 Å². The minimum absolute atomic E-state index is 0.199. The van der Waals surface area contributed by atoms with Gasteiger partial charge >= 0.3 is 0 Å². The van der Waals surface area contributed by atoms with Crippen molar-refractivity contribution in [3.8, 4) is 11.5 Å².